The number of hydrogen-bond acceptors (Lipinski definition) is 3. The van der Waals surface area contributed by atoms with Crippen LogP contribution in [0.25, 0.3) is 0 Å². The van der Waals surface area contributed by atoms with Gasteiger partial charge in [0.15, 0.2) is 0 Å². The number of carbonyl (C=O) groups is 1. The molecule has 4 nitrogen and oxygen atoms in total. The summed E-state index contributed by atoms with van der Waals surface area (Å²) in [7, 11) is 0. The molecule has 0 saturated heterocycles. The minimum Gasteiger partial charge on any atom is -0.491 e. The van der Waals surface area contributed by atoms with Crippen molar-refractivity contribution in [3.05, 3.63) is 29.8 Å². The maximum absolute atomic E-state index is 11.4. The molecule has 0 aliphatic heterocycles. The fraction of sp³-hybridized carbons (Fsp3) is 0.533. The molecule has 0 bridgehead atoms. The van der Waals surface area contributed by atoms with E-state index in [1.165, 1.54) is 0 Å². The van der Waals surface area contributed by atoms with E-state index in [2.05, 4.69) is 5.32 Å². The number of carboxylic acids is 1. The van der Waals surface area contributed by atoms with Crippen molar-refractivity contribution in [2.45, 2.75) is 45.7 Å². The van der Waals surface area contributed by atoms with Crippen molar-refractivity contribution in [3.8, 4) is 5.75 Å². The molecule has 0 aromatic heterocycles. The van der Waals surface area contributed by atoms with Crippen LogP contribution in [0.1, 0.15) is 33.3 Å². The summed E-state index contributed by atoms with van der Waals surface area (Å²) in [6, 6.07) is 7.78. The molecule has 0 spiro atoms. The van der Waals surface area contributed by atoms with Crippen LogP contribution in [-0.2, 0) is 11.2 Å². The Bertz CT molecular complexity index is 431. The fourth-order valence-corrected chi connectivity index (χ4v) is 1.96. The van der Waals surface area contributed by atoms with Crippen molar-refractivity contribution >= 4 is 5.97 Å². The van der Waals surface area contributed by atoms with Gasteiger partial charge in [0, 0.05) is 6.04 Å². The second-order valence-corrected chi connectivity index (χ2v) is 5.19. The lowest BCUT2D eigenvalue weighted by Crippen LogP contribution is -2.56. The summed E-state index contributed by atoms with van der Waals surface area (Å²) in [5, 5.41) is 12.4. The van der Waals surface area contributed by atoms with Crippen molar-refractivity contribution in [1.82, 2.24) is 5.32 Å². The number of hydrogen-bond donors (Lipinski definition) is 2. The third kappa shape index (κ3) is 4.24. The minimum absolute atomic E-state index is 0.0751. The van der Waals surface area contributed by atoms with E-state index in [1.54, 1.807) is 6.92 Å². The molecule has 0 amide bonds. The van der Waals surface area contributed by atoms with Crippen LogP contribution < -0.4 is 10.1 Å². The summed E-state index contributed by atoms with van der Waals surface area (Å²) in [5.74, 6) is -0.154. The number of para-hydroxylation sites is 1. The monoisotopic (exact) mass is 265 g/mol. The van der Waals surface area contributed by atoms with Crippen molar-refractivity contribution in [1.29, 1.82) is 0 Å². The van der Waals surface area contributed by atoms with Crippen molar-refractivity contribution in [3.63, 3.8) is 0 Å². The number of rotatable bonds is 7. The quantitative estimate of drug-likeness (QED) is 0.795. The standard InChI is InChI=1S/C15H23NO3/c1-5-12-8-6-7-9-13(12)19-10-15(4,14(17)18)16-11(2)3/h6-9,11,16H,5,10H2,1-4H3,(H,17,18). The average molecular weight is 265 g/mol. The molecule has 0 saturated carbocycles. The van der Waals surface area contributed by atoms with E-state index in [1.807, 2.05) is 45.0 Å². The Hall–Kier alpha value is -1.55. The Morgan fingerprint density at radius 3 is 2.58 bits per heavy atom. The van der Waals surface area contributed by atoms with Crippen molar-refractivity contribution in [2.75, 3.05) is 6.61 Å². The first-order chi connectivity index (χ1) is 8.89. The first-order valence-electron chi connectivity index (χ1n) is 6.61. The molecule has 1 aromatic rings. The summed E-state index contributed by atoms with van der Waals surface area (Å²) in [4.78, 5) is 11.4. The highest BCUT2D eigenvalue weighted by molar-refractivity contribution is 5.78. The maximum Gasteiger partial charge on any atom is 0.327 e. The third-order valence-electron chi connectivity index (χ3n) is 2.95. The molecule has 4 heteroatoms. The Kier molecular flexibility index (Phi) is 5.36. The predicted octanol–water partition coefficient (Wildman–Crippen LogP) is 2.47. The predicted molar refractivity (Wildman–Crippen MR) is 75.6 cm³/mol. The molecule has 0 radical (unpaired) electrons. The van der Waals surface area contributed by atoms with E-state index < -0.39 is 11.5 Å². The van der Waals surface area contributed by atoms with E-state index in [-0.39, 0.29) is 12.6 Å². The number of aryl methyl sites for hydroxylation is 1. The summed E-state index contributed by atoms with van der Waals surface area (Å²) in [5.41, 5.74) is -0.00514. The van der Waals surface area contributed by atoms with E-state index in [9.17, 15) is 9.90 Å². The van der Waals surface area contributed by atoms with Crippen LogP contribution in [0, 0.1) is 0 Å². The molecule has 2 N–H and O–H groups in total. The topological polar surface area (TPSA) is 58.6 Å². The minimum atomic E-state index is -1.09. The summed E-state index contributed by atoms with van der Waals surface area (Å²) in [6.45, 7) is 7.62. The van der Waals surface area contributed by atoms with Gasteiger partial charge < -0.3 is 9.84 Å². The van der Waals surface area contributed by atoms with Gasteiger partial charge in [-0.2, -0.15) is 0 Å². The van der Waals surface area contributed by atoms with Crippen LogP contribution in [-0.4, -0.2) is 29.3 Å². The Morgan fingerprint density at radius 1 is 1.42 bits per heavy atom. The first kappa shape index (κ1) is 15.5. The molecule has 0 heterocycles. The van der Waals surface area contributed by atoms with Crippen LogP contribution in [0.15, 0.2) is 24.3 Å². The van der Waals surface area contributed by atoms with Gasteiger partial charge in [-0.25, -0.2) is 0 Å². The fourth-order valence-electron chi connectivity index (χ4n) is 1.96. The van der Waals surface area contributed by atoms with Crippen LogP contribution in [0.3, 0.4) is 0 Å². The molecule has 1 unspecified atom stereocenters. The Morgan fingerprint density at radius 2 is 2.05 bits per heavy atom. The number of ether oxygens (including phenoxy) is 1. The molecule has 0 fully saturated rings. The normalized spacial score (nSPS) is 14.2. The SMILES string of the molecule is CCc1ccccc1OCC(C)(NC(C)C)C(=O)O. The average Bonchev–Trinajstić information content (AvgIpc) is 2.35. The first-order valence-corrected chi connectivity index (χ1v) is 6.61. The molecule has 1 rings (SSSR count). The highest BCUT2D eigenvalue weighted by atomic mass is 16.5. The molecular weight excluding hydrogens is 242 g/mol. The molecule has 1 aromatic carbocycles. The van der Waals surface area contributed by atoms with Gasteiger partial charge in [0.05, 0.1) is 0 Å². The smallest absolute Gasteiger partial charge is 0.327 e. The Balaban J connectivity index is 2.79. The van der Waals surface area contributed by atoms with E-state index >= 15 is 0 Å². The van der Waals surface area contributed by atoms with Gasteiger partial charge in [-0.1, -0.05) is 25.1 Å². The zero-order valence-electron chi connectivity index (χ0n) is 12.1. The van der Waals surface area contributed by atoms with Gasteiger partial charge in [-0.05, 0) is 38.8 Å². The number of carboxylic acid groups (broad SMARTS) is 1. The van der Waals surface area contributed by atoms with Crippen LogP contribution in [0.4, 0.5) is 0 Å². The van der Waals surface area contributed by atoms with Gasteiger partial charge >= 0.3 is 5.97 Å². The Labute approximate surface area is 114 Å². The molecule has 106 valence electrons. The molecule has 0 aliphatic rings. The lowest BCUT2D eigenvalue weighted by Gasteiger charge is -2.28. The second-order valence-electron chi connectivity index (χ2n) is 5.19. The van der Waals surface area contributed by atoms with Crippen LogP contribution in [0.2, 0.25) is 0 Å². The largest absolute Gasteiger partial charge is 0.491 e. The van der Waals surface area contributed by atoms with Gasteiger partial charge in [0.2, 0.25) is 0 Å². The lowest BCUT2D eigenvalue weighted by molar-refractivity contribution is -0.145. The molecular formula is C15H23NO3. The van der Waals surface area contributed by atoms with Crippen LogP contribution in [0.5, 0.6) is 5.75 Å². The maximum atomic E-state index is 11.4. The summed E-state index contributed by atoms with van der Waals surface area (Å²) < 4.78 is 5.71. The zero-order valence-corrected chi connectivity index (χ0v) is 12.1. The van der Waals surface area contributed by atoms with Gasteiger partial charge in [-0.15, -0.1) is 0 Å². The van der Waals surface area contributed by atoms with E-state index in [0.29, 0.717) is 0 Å². The van der Waals surface area contributed by atoms with E-state index in [4.69, 9.17) is 4.74 Å². The summed E-state index contributed by atoms with van der Waals surface area (Å²) in [6.07, 6.45) is 0.859. The lowest BCUT2D eigenvalue weighted by atomic mass is 10.0. The van der Waals surface area contributed by atoms with Gasteiger partial charge in [0.1, 0.15) is 17.9 Å². The van der Waals surface area contributed by atoms with Crippen LogP contribution >= 0.6 is 0 Å². The summed E-state index contributed by atoms with van der Waals surface area (Å²) >= 11 is 0. The van der Waals surface area contributed by atoms with Crippen molar-refractivity contribution in [2.24, 2.45) is 0 Å². The van der Waals surface area contributed by atoms with Gasteiger partial charge in [0.25, 0.3) is 0 Å². The molecule has 1 atom stereocenters. The number of benzene rings is 1. The third-order valence-corrected chi connectivity index (χ3v) is 2.95. The number of aliphatic carboxylic acids is 1. The van der Waals surface area contributed by atoms with E-state index in [0.717, 1.165) is 17.7 Å². The zero-order chi connectivity index (χ0) is 14.5. The second kappa shape index (κ2) is 6.57. The molecule has 0 aliphatic carbocycles. The van der Waals surface area contributed by atoms with Crippen molar-refractivity contribution < 1.29 is 14.6 Å². The van der Waals surface area contributed by atoms with Gasteiger partial charge in [-0.3, -0.25) is 10.1 Å². The number of nitrogens with one attached hydrogen (secondary N) is 1. The highest BCUT2D eigenvalue weighted by Gasteiger charge is 2.34. The highest BCUT2D eigenvalue weighted by Crippen LogP contribution is 2.20. The molecule has 19 heavy (non-hydrogen) atoms.